The van der Waals surface area contributed by atoms with E-state index in [9.17, 15) is 19.5 Å². The lowest BCUT2D eigenvalue weighted by molar-refractivity contribution is -0.870. The number of nitrogens with zero attached hydrogens (tertiary/aromatic N) is 1. The Bertz CT molecular complexity index is 1360. The lowest BCUT2D eigenvalue weighted by atomic mass is 10.0. The first kappa shape index (κ1) is 77.8. The minimum atomic E-state index is -1.62. The van der Waals surface area contributed by atoms with Crippen LogP contribution in [0.5, 0.6) is 0 Å². The molecule has 0 saturated heterocycles. The number of allylic oxidation sites excluding steroid dienone is 4. The number of carboxylic acid groups (broad SMARTS) is 1. The molecule has 9 heteroatoms. The molecule has 0 N–H and O–H groups in total. The van der Waals surface area contributed by atoms with E-state index < -0.39 is 24.3 Å². The van der Waals surface area contributed by atoms with Crippen LogP contribution in [-0.4, -0.2) is 82.3 Å². The Morgan fingerprint density at radius 3 is 0.988 bits per heavy atom. The lowest BCUT2D eigenvalue weighted by Crippen LogP contribution is -2.44. The Kier molecular flexibility index (Phi) is 61.1. The predicted molar refractivity (Wildman–Crippen MR) is 339 cm³/mol. The summed E-state index contributed by atoms with van der Waals surface area (Å²) in [7, 11) is 5.94. The summed E-state index contributed by atoms with van der Waals surface area (Å²) >= 11 is 0. The molecule has 0 aromatic rings. The first-order chi connectivity index (χ1) is 39.1. The molecule has 80 heavy (non-hydrogen) atoms. The zero-order valence-electron chi connectivity index (χ0n) is 54.0. The van der Waals surface area contributed by atoms with Crippen molar-refractivity contribution in [3.8, 4) is 0 Å². The zero-order chi connectivity index (χ0) is 58.3. The number of ether oxygens (including phenoxy) is 4. The molecule has 0 aliphatic rings. The van der Waals surface area contributed by atoms with Gasteiger partial charge >= 0.3 is 11.9 Å². The van der Waals surface area contributed by atoms with Crippen LogP contribution < -0.4 is 5.11 Å². The molecule has 0 heterocycles. The molecule has 0 aliphatic carbocycles. The molecule has 2 unspecified atom stereocenters. The molecule has 0 aromatic heterocycles. The third-order valence-electron chi connectivity index (χ3n) is 16.0. The number of hydrogen-bond donors (Lipinski definition) is 0. The van der Waals surface area contributed by atoms with Gasteiger partial charge in [0.25, 0.3) is 0 Å². The first-order valence-corrected chi connectivity index (χ1v) is 35.0. The first-order valence-electron chi connectivity index (χ1n) is 35.0. The second-order valence-corrected chi connectivity index (χ2v) is 25.2. The zero-order valence-corrected chi connectivity index (χ0v) is 54.0. The van der Waals surface area contributed by atoms with Crippen LogP contribution in [0.1, 0.15) is 354 Å². The Hall–Kier alpha value is -2.23. The maximum Gasteiger partial charge on any atom is 0.306 e. The Morgan fingerprint density at radius 1 is 0.375 bits per heavy atom. The highest BCUT2D eigenvalue weighted by molar-refractivity contribution is 5.70. The van der Waals surface area contributed by atoms with E-state index >= 15 is 0 Å². The number of likely N-dealkylation sites (N-methyl/N-ethyl adjacent to an activating group) is 1. The normalized spacial score (nSPS) is 12.8. The van der Waals surface area contributed by atoms with E-state index in [1.807, 2.05) is 21.1 Å². The van der Waals surface area contributed by atoms with E-state index in [-0.39, 0.29) is 32.2 Å². The van der Waals surface area contributed by atoms with E-state index in [2.05, 4.69) is 38.2 Å². The highest BCUT2D eigenvalue weighted by Gasteiger charge is 2.22. The van der Waals surface area contributed by atoms with Crippen molar-refractivity contribution in [3.63, 3.8) is 0 Å². The van der Waals surface area contributed by atoms with Crippen LogP contribution in [0, 0.1) is 0 Å². The van der Waals surface area contributed by atoms with E-state index in [1.54, 1.807) is 0 Å². The van der Waals surface area contributed by atoms with Crippen molar-refractivity contribution in [2.45, 2.75) is 367 Å². The number of carboxylic acids is 1. The topological polar surface area (TPSA) is 111 Å². The molecule has 0 saturated carbocycles. The SMILES string of the molecule is CCCCCCC/C=C\C/C=C\CCCCCCCCCCCCCCCC(=O)OC(COC(=O)CCCCCCCCCCCCCCCCCCCCCCCCCCCCCCCC)COC(OCC[N+](C)(C)C)C(=O)[O-]. The average molecular weight is 1130 g/mol. The van der Waals surface area contributed by atoms with Crippen LogP contribution in [0.25, 0.3) is 0 Å². The number of hydrogen-bond acceptors (Lipinski definition) is 8. The van der Waals surface area contributed by atoms with Crippen LogP contribution >= 0.6 is 0 Å². The molecule has 0 rings (SSSR count). The van der Waals surface area contributed by atoms with Crippen molar-refractivity contribution in [2.24, 2.45) is 0 Å². The van der Waals surface area contributed by atoms with Gasteiger partial charge in [0, 0.05) is 12.8 Å². The molecule has 0 aliphatic heterocycles. The van der Waals surface area contributed by atoms with Gasteiger partial charge in [0.1, 0.15) is 13.2 Å². The van der Waals surface area contributed by atoms with E-state index in [0.29, 0.717) is 23.9 Å². The lowest BCUT2D eigenvalue weighted by Gasteiger charge is -2.26. The van der Waals surface area contributed by atoms with Crippen molar-refractivity contribution in [3.05, 3.63) is 24.3 Å². The number of rotatable bonds is 66. The fraction of sp³-hybridized carbons (Fsp3) is 0.901. The number of aliphatic carboxylic acids is 1. The molecular formula is C71H135NO8. The second kappa shape index (κ2) is 62.8. The summed E-state index contributed by atoms with van der Waals surface area (Å²) < 4.78 is 22.8. The van der Waals surface area contributed by atoms with Crippen LogP contribution in [-0.2, 0) is 33.3 Å². The number of carbonyl (C=O) groups excluding carboxylic acids is 3. The van der Waals surface area contributed by atoms with Crippen LogP contribution in [0.15, 0.2) is 24.3 Å². The van der Waals surface area contributed by atoms with E-state index in [1.165, 1.54) is 283 Å². The standard InChI is InChI=1S/C71H135NO8/c1-6-8-10-12-14-16-18-20-22-24-26-28-30-32-33-34-35-36-38-39-41-43-45-47-49-51-53-55-57-59-61-68(73)78-65-67(66-79-71(70(75)76)77-64-63-72(3,4)5)80-69(74)62-60-58-56-54-52-50-48-46-44-42-40-37-31-29-27-25-23-21-19-17-15-13-11-9-7-2/h19,21,25,27,67,71H,6-18,20,22-24,26,28-66H2,1-5H3/b21-19-,27-25-. The van der Waals surface area contributed by atoms with E-state index in [4.69, 9.17) is 18.9 Å². The maximum atomic E-state index is 12.9. The monoisotopic (exact) mass is 1130 g/mol. The van der Waals surface area contributed by atoms with Crippen LogP contribution in [0.2, 0.25) is 0 Å². The van der Waals surface area contributed by atoms with Gasteiger partial charge in [-0.1, -0.05) is 321 Å². The molecule has 472 valence electrons. The highest BCUT2D eigenvalue weighted by atomic mass is 16.7. The number of esters is 2. The minimum Gasteiger partial charge on any atom is -0.545 e. The summed E-state index contributed by atoms with van der Waals surface area (Å²) in [6.07, 6.45) is 74.1. The summed E-state index contributed by atoms with van der Waals surface area (Å²) in [4.78, 5) is 37.5. The molecule has 0 aromatic carbocycles. The van der Waals surface area contributed by atoms with Gasteiger partial charge in [0.15, 0.2) is 12.4 Å². The fourth-order valence-corrected chi connectivity index (χ4v) is 10.6. The van der Waals surface area contributed by atoms with Gasteiger partial charge in [0.2, 0.25) is 0 Å². The van der Waals surface area contributed by atoms with Crippen molar-refractivity contribution < 1.29 is 42.9 Å². The van der Waals surface area contributed by atoms with Gasteiger partial charge in [-0.25, -0.2) is 0 Å². The van der Waals surface area contributed by atoms with Gasteiger partial charge in [0.05, 0.1) is 40.3 Å². The average Bonchev–Trinajstić information content (AvgIpc) is 3.43. The van der Waals surface area contributed by atoms with E-state index in [0.717, 1.165) is 38.5 Å². The minimum absolute atomic E-state index is 0.151. The molecule has 2 atom stereocenters. The summed E-state index contributed by atoms with van der Waals surface area (Å²) in [6, 6.07) is 0. The molecule has 0 fully saturated rings. The Morgan fingerprint density at radius 2 is 0.675 bits per heavy atom. The summed E-state index contributed by atoms with van der Waals surface area (Å²) in [5.41, 5.74) is 0. The number of unbranched alkanes of at least 4 members (excludes halogenated alkanes) is 47. The summed E-state index contributed by atoms with van der Waals surface area (Å²) in [5, 5.41) is 11.8. The maximum absolute atomic E-state index is 12.9. The molecule has 0 spiro atoms. The smallest absolute Gasteiger partial charge is 0.306 e. The molecule has 0 radical (unpaired) electrons. The number of carbonyl (C=O) groups is 3. The molecule has 9 nitrogen and oxygen atoms in total. The van der Waals surface area contributed by atoms with Gasteiger partial charge in [-0.05, 0) is 44.9 Å². The second-order valence-electron chi connectivity index (χ2n) is 25.2. The van der Waals surface area contributed by atoms with Crippen molar-refractivity contribution >= 4 is 17.9 Å². The quantitative estimate of drug-likeness (QED) is 0.0195. The van der Waals surface area contributed by atoms with Gasteiger partial charge in [-0.15, -0.1) is 0 Å². The molecule has 0 amide bonds. The largest absolute Gasteiger partial charge is 0.545 e. The highest BCUT2D eigenvalue weighted by Crippen LogP contribution is 2.19. The third kappa shape index (κ3) is 63.4. The fourth-order valence-electron chi connectivity index (χ4n) is 10.6. The molecule has 0 bridgehead atoms. The van der Waals surface area contributed by atoms with Crippen molar-refractivity contribution in [1.82, 2.24) is 0 Å². The summed E-state index contributed by atoms with van der Waals surface area (Å²) in [5.74, 6) is -2.25. The Labute approximate surface area is 497 Å². The van der Waals surface area contributed by atoms with Crippen molar-refractivity contribution in [1.29, 1.82) is 0 Å². The van der Waals surface area contributed by atoms with Crippen LogP contribution in [0.3, 0.4) is 0 Å². The number of quaternary nitrogens is 1. The van der Waals surface area contributed by atoms with Gasteiger partial charge in [-0.2, -0.15) is 0 Å². The predicted octanol–water partition coefficient (Wildman–Crippen LogP) is 20.1. The molecular weight excluding hydrogens is 995 g/mol. The Balaban J connectivity index is 4.06. The van der Waals surface area contributed by atoms with Gasteiger partial charge in [-0.3, -0.25) is 9.59 Å². The van der Waals surface area contributed by atoms with Crippen molar-refractivity contribution in [2.75, 3.05) is 47.5 Å². The van der Waals surface area contributed by atoms with Crippen LogP contribution in [0.4, 0.5) is 0 Å². The van der Waals surface area contributed by atoms with Gasteiger partial charge < -0.3 is 33.3 Å². The third-order valence-corrected chi connectivity index (χ3v) is 16.0. The summed E-state index contributed by atoms with van der Waals surface area (Å²) in [6.45, 7) is 4.81.